The van der Waals surface area contributed by atoms with Crippen LogP contribution >= 0.6 is 0 Å². The molecule has 30 heavy (non-hydrogen) atoms. The SMILES string of the molecule is CC(=O)NC1C(O)[C@H](O)C(CO)O[C@@H]1OC1C(O)[C@H](OCCCN)OC(CO)[C@@H]1O. The van der Waals surface area contributed by atoms with Crippen LogP contribution in [0.3, 0.4) is 0 Å². The second-order valence-corrected chi connectivity index (χ2v) is 7.25. The molecule has 10 atom stereocenters. The fourth-order valence-electron chi connectivity index (χ4n) is 3.38. The van der Waals surface area contributed by atoms with E-state index in [4.69, 9.17) is 24.7 Å². The topological polar surface area (TPSA) is 213 Å². The van der Waals surface area contributed by atoms with Crippen molar-refractivity contribution in [1.82, 2.24) is 5.32 Å². The van der Waals surface area contributed by atoms with Crippen LogP contribution in [0.1, 0.15) is 13.3 Å². The van der Waals surface area contributed by atoms with Gasteiger partial charge in [-0.1, -0.05) is 0 Å². The van der Waals surface area contributed by atoms with Gasteiger partial charge in [0.1, 0.15) is 48.8 Å². The maximum Gasteiger partial charge on any atom is 0.217 e. The van der Waals surface area contributed by atoms with Crippen LogP contribution in [0.5, 0.6) is 0 Å². The van der Waals surface area contributed by atoms with Gasteiger partial charge in [-0.2, -0.15) is 0 Å². The first-order valence-electron chi connectivity index (χ1n) is 9.74. The first-order valence-corrected chi connectivity index (χ1v) is 9.74. The van der Waals surface area contributed by atoms with E-state index in [2.05, 4.69) is 5.32 Å². The van der Waals surface area contributed by atoms with Crippen LogP contribution in [-0.4, -0.2) is 124 Å². The molecule has 0 bridgehead atoms. The molecule has 2 rings (SSSR count). The molecule has 6 unspecified atom stereocenters. The Bertz CT molecular complexity index is 542. The molecule has 13 heteroatoms. The maximum absolute atomic E-state index is 11.5. The first kappa shape index (κ1) is 25.3. The lowest BCUT2D eigenvalue weighted by molar-refractivity contribution is -0.347. The Morgan fingerprint density at radius 2 is 1.57 bits per heavy atom. The number of hydrogen-bond donors (Lipinski definition) is 8. The van der Waals surface area contributed by atoms with Crippen LogP contribution < -0.4 is 11.1 Å². The predicted molar refractivity (Wildman–Crippen MR) is 97.6 cm³/mol. The highest BCUT2D eigenvalue weighted by Crippen LogP contribution is 2.29. The molecular weight excluding hydrogens is 408 g/mol. The molecule has 0 aromatic carbocycles. The molecule has 0 spiro atoms. The Balaban J connectivity index is 2.21. The standard InChI is InChI=1S/C17H32N2O11/c1-7(22)19-10-13(25)11(23)8(5-20)28-16(10)30-15-12(24)9(6-21)29-17(14(15)26)27-4-2-3-18/h8-17,20-21,23-26H,2-6,18H2,1H3,(H,19,22)/t8?,9?,10?,11-,12+,13?,14?,15?,16-,17-/m1/s1. The third-order valence-electron chi connectivity index (χ3n) is 4.99. The van der Waals surface area contributed by atoms with Gasteiger partial charge in [0.15, 0.2) is 12.6 Å². The number of carbonyl (C=O) groups excluding carboxylic acids is 1. The molecule has 9 N–H and O–H groups in total. The zero-order valence-corrected chi connectivity index (χ0v) is 16.6. The van der Waals surface area contributed by atoms with Gasteiger partial charge in [-0.15, -0.1) is 0 Å². The van der Waals surface area contributed by atoms with Gasteiger partial charge >= 0.3 is 0 Å². The average molecular weight is 440 g/mol. The Hall–Kier alpha value is -0.970. The van der Waals surface area contributed by atoms with E-state index in [1.165, 1.54) is 6.92 Å². The lowest BCUT2D eigenvalue weighted by Crippen LogP contribution is -2.67. The lowest BCUT2D eigenvalue weighted by Gasteiger charge is -2.47. The number of aliphatic hydroxyl groups excluding tert-OH is 6. The summed E-state index contributed by atoms with van der Waals surface area (Å²) in [4.78, 5) is 11.5. The van der Waals surface area contributed by atoms with Gasteiger partial charge in [0.2, 0.25) is 5.91 Å². The molecule has 2 fully saturated rings. The molecule has 2 heterocycles. The predicted octanol–water partition coefficient (Wildman–Crippen LogP) is -4.88. The molecule has 2 aliphatic heterocycles. The number of rotatable bonds is 9. The quantitative estimate of drug-likeness (QED) is 0.158. The molecule has 0 radical (unpaired) electrons. The van der Waals surface area contributed by atoms with Crippen molar-refractivity contribution in [3.63, 3.8) is 0 Å². The van der Waals surface area contributed by atoms with Crippen molar-refractivity contribution in [3.8, 4) is 0 Å². The fourth-order valence-corrected chi connectivity index (χ4v) is 3.38. The minimum atomic E-state index is -1.57. The van der Waals surface area contributed by atoms with E-state index in [1.807, 2.05) is 0 Å². The smallest absolute Gasteiger partial charge is 0.217 e. The van der Waals surface area contributed by atoms with Gasteiger partial charge in [0, 0.05) is 6.92 Å². The third kappa shape index (κ3) is 5.83. The van der Waals surface area contributed by atoms with Crippen molar-refractivity contribution in [1.29, 1.82) is 0 Å². The molecule has 2 aliphatic rings. The normalized spacial score (nSPS) is 42.1. The molecule has 0 aromatic heterocycles. The van der Waals surface area contributed by atoms with Gasteiger partial charge in [-0.25, -0.2) is 0 Å². The Labute approximate surface area is 173 Å². The summed E-state index contributed by atoms with van der Waals surface area (Å²) in [6, 6.07) is -1.27. The van der Waals surface area contributed by atoms with E-state index in [9.17, 15) is 35.4 Å². The number of carbonyl (C=O) groups is 1. The Kier molecular flexibility index (Phi) is 9.77. The Morgan fingerprint density at radius 1 is 0.967 bits per heavy atom. The van der Waals surface area contributed by atoms with Gasteiger partial charge in [-0.05, 0) is 13.0 Å². The zero-order valence-electron chi connectivity index (χ0n) is 16.6. The monoisotopic (exact) mass is 440 g/mol. The average Bonchev–Trinajstić information content (AvgIpc) is 2.71. The van der Waals surface area contributed by atoms with E-state index in [0.717, 1.165) is 0 Å². The number of ether oxygens (including phenoxy) is 4. The van der Waals surface area contributed by atoms with Crippen LogP contribution in [0.2, 0.25) is 0 Å². The summed E-state index contributed by atoms with van der Waals surface area (Å²) in [6.45, 7) is 0.395. The minimum absolute atomic E-state index is 0.144. The van der Waals surface area contributed by atoms with E-state index in [1.54, 1.807) is 0 Å². The van der Waals surface area contributed by atoms with Crippen LogP contribution in [0.4, 0.5) is 0 Å². The molecule has 0 aliphatic carbocycles. The van der Waals surface area contributed by atoms with Gasteiger partial charge in [0.25, 0.3) is 0 Å². The molecule has 13 nitrogen and oxygen atoms in total. The number of aliphatic hydroxyl groups is 6. The maximum atomic E-state index is 11.5. The van der Waals surface area contributed by atoms with Crippen LogP contribution in [-0.2, 0) is 23.7 Å². The summed E-state index contributed by atoms with van der Waals surface area (Å²) in [5, 5.41) is 62.8. The van der Waals surface area contributed by atoms with Crippen molar-refractivity contribution in [3.05, 3.63) is 0 Å². The summed E-state index contributed by atoms with van der Waals surface area (Å²) in [6.07, 6.45) is -12.2. The van der Waals surface area contributed by atoms with Crippen molar-refractivity contribution in [2.75, 3.05) is 26.4 Å². The highest BCUT2D eigenvalue weighted by molar-refractivity contribution is 5.73. The van der Waals surface area contributed by atoms with Crippen molar-refractivity contribution < 1.29 is 54.4 Å². The molecule has 2 saturated heterocycles. The summed E-state index contributed by atoms with van der Waals surface area (Å²) in [5.41, 5.74) is 5.41. The minimum Gasteiger partial charge on any atom is -0.394 e. The highest BCUT2D eigenvalue weighted by Gasteiger charge is 2.51. The van der Waals surface area contributed by atoms with Crippen LogP contribution in [0, 0.1) is 0 Å². The summed E-state index contributed by atoms with van der Waals surface area (Å²) in [7, 11) is 0. The summed E-state index contributed by atoms with van der Waals surface area (Å²) >= 11 is 0. The molecule has 0 aromatic rings. The summed E-state index contributed by atoms with van der Waals surface area (Å²) < 4.78 is 21.9. The second-order valence-electron chi connectivity index (χ2n) is 7.25. The van der Waals surface area contributed by atoms with Gasteiger partial charge in [0.05, 0.1) is 19.8 Å². The van der Waals surface area contributed by atoms with Crippen molar-refractivity contribution >= 4 is 5.91 Å². The largest absolute Gasteiger partial charge is 0.394 e. The van der Waals surface area contributed by atoms with Crippen molar-refractivity contribution in [2.45, 2.75) is 74.7 Å². The molecule has 1 amide bonds. The fraction of sp³-hybridized carbons (Fsp3) is 0.941. The van der Waals surface area contributed by atoms with E-state index < -0.39 is 80.5 Å². The first-order chi connectivity index (χ1) is 14.2. The van der Waals surface area contributed by atoms with Gasteiger partial charge in [-0.3, -0.25) is 4.79 Å². The van der Waals surface area contributed by atoms with E-state index in [0.29, 0.717) is 13.0 Å². The molecule has 176 valence electrons. The zero-order chi connectivity index (χ0) is 22.4. The number of amides is 1. The third-order valence-corrected chi connectivity index (χ3v) is 4.99. The lowest BCUT2D eigenvalue weighted by atomic mass is 9.95. The Morgan fingerprint density at radius 3 is 2.13 bits per heavy atom. The number of hydrogen-bond acceptors (Lipinski definition) is 12. The molecule has 0 saturated carbocycles. The second kappa shape index (κ2) is 11.6. The number of nitrogens with one attached hydrogen (secondary N) is 1. The van der Waals surface area contributed by atoms with E-state index >= 15 is 0 Å². The van der Waals surface area contributed by atoms with Crippen LogP contribution in [0.25, 0.3) is 0 Å². The number of nitrogens with two attached hydrogens (primary N) is 1. The molecular formula is C17H32N2O11. The van der Waals surface area contributed by atoms with E-state index in [-0.39, 0.29) is 6.61 Å². The van der Waals surface area contributed by atoms with Crippen LogP contribution in [0.15, 0.2) is 0 Å². The van der Waals surface area contributed by atoms with Gasteiger partial charge < -0.3 is 60.6 Å². The summed E-state index contributed by atoms with van der Waals surface area (Å²) in [5.74, 6) is -0.560. The highest BCUT2D eigenvalue weighted by atomic mass is 16.7. The van der Waals surface area contributed by atoms with Crippen molar-refractivity contribution in [2.24, 2.45) is 5.73 Å².